The summed E-state index contributed by atoms with van der Waals surface area (Å²) in [5, 5.41) is 51.2. The highest BCUT2D eigenvalue weighted by Crippen LogP contribution is 2.45. The number of phenolic OH excluding ortho intramolecular Hbond substituents is 4. The van der Waals surface area contributed by atoms with Gasteiger partial charge in [-0.05, 0) is 49.7 Å². The fourth-order valence-electron chi connectivity index (χ4n) is 4.23. The number of rotatable bonds is 7. The Hall–Kier alpha value is -4.86. The van der Waals surface area contributed by atoms with Crippen LogP contribution < -0.4 is 10.2 Å². The van der Waals surface area contributed by atoms with Crippen LogP contribution in [-0.4, -0.2) is 44.7 Å². The van der Waals surface area contributed by atoms with Crippen LogP contribution in [0.25, 0.3) is 22.3 Å². The van der Waals surface area contributed by atoms with E-state index in [-0.39, 0.29) is 35.0 Å². The van der Waals surface area contributed by atoms with Crippen molar-refractivity contribution < 1.29 is 44.2 Å². The molecule has 0 aliphatic carbocycles. The maximum Gasteiger partial charge on any atom is 0.306 e. The van der Waals surface area contributed by atoms with E-state index in [4.69, 9.17) is 13.9 Å². The average Bonchev–Trinajstić information content (AvgIpc) is 2.86. The number of carbonyl (C=O) groups is 1. The Bertz CT molecular complexity index is 1570. The third-order valence-corrected chi connectivity index (χ3v) is 5.98. The van der Waals surface area contributed by atoms with Gasteiger partial charge in [0.05, 0.1) is 19.6 Å². The van der Waals surface area contributed by atoms with E-state index in [9.17, 15) is 35.1 Å². The molecule has 0 aliphatic heterocycles. The molecule has 1 aromatic heterocycles. The van der Waals surface area contributed by atoms with Gasteiger partial charge in [-0.3, -0.25) is 9.59 Å². The number of ether oxygens (including phenoxy) is 2. The van der Waals surface area contributed by atoms with Gasteiger partial charge in [-0.15, -0.1) is 0 Å². The minimum Gasteiger partial charge on any atom is -0.507 e. The SMILES string of the molecule is COC(=O)CC(c1ccc(OC(C)C)cc1)c1c(O)cc(O)c2c(=O)c(O)c(-c3ccc(O)c(O)c3)oc12. The van der Waals surface area contributed by atoms with Crippen LogP contribution in [-0.2, 0) is 9.53 Å². The van der Waals surface area contributed by atoms with E-state index in [0.29, 0.717) is 11.3 Å². The Balaban J connectivity index is 2.01. The van der Waals surface area contributed by atoms with E-state index < -0.39 is 51.4 Å². The Kier molecular flexibility index (Phi) is 7.07. The summed E-state index contributed by atoms with van der Waals surface area (Å²) in [6.07, 6.45) is -0.342. The molecule has 198 valence electrons. The summed E-state index contributed by atoms with van der Waals surface area (Å²) in [6, 6.07) is 11.2. The first kappa shape index (κ1) is 26.2. The van der Waals surface area contributed by atoms with Gasteiger partial charge in [-0.25, -0.2) is 0 Å². The highest BCUT2D eigenvalue weighted by atomic mass is 16.5. The fourth-order valence-corrected chi connectivity index (χ4v) is 4.23. The van der Waals surface area contributed by atoms with Gasteiger partial charge in [-0.2, -0.15) is 0 Å². The number of phenols is 4. The van der Waals surface area contributed by atoms with Gasteiger partial charge in [0.25, 0.3) is 0 Å². The summed E-state index contributed by atoms with van der Waals surface area (Å²) in [5.41, 5.74) is -0.741. The molecule has 0 amide bonds. The summed E-state index contributed by atoms with van der Waals surface area (Å²) in [5.74, 6) is -4.30. The third-order valence-electron chi connectivity index (χ3n) is 5.98. The summed E-state index contributed by atoms with van der Waals surface area (Å²) < 4.78 is 16.4. The topological polar surface area (TPSA) is 167 Å². The Labute approximate surface area is 216 Å². The molecule has 3 aromatic carbocycles. The zero-order valence-corrected chi connectivity index (χ0v) is 20.8. The predicted octanol–water partition coefficient (Wildman–Crippen LogP) is 4.47. The molecule has 4 aromatic rings. The fraction of sp³-hybridized carbons (Fsp3) is 0.214. The Morgan fingerprint density at radius 2 is 1.58 bits per heavy atom. The lowest BCUT2D eigenvalue weighted by atomic mass is 9.86. The quantitative estimate of drug-likeness (QED) is 0.173. The molecule has 0 saturated heterocycles. The standard InChI is InChI=1S/C28H26O10/c1-13(2)37-16-7-4-14(5-8-16)17(11-22(33)36-3)23-20(31)12-21(32)24-25(34)26(35)27(38-28(23)24)15-6-9-18(29)19(30)10-15/h4-10,12-13,17,29-32,35H,11H2,1-3H3. The van der Waals surface area contributed by atoms with Gasteiger partial charge >= 0.3 is 5.97 Å². The maximum atomic E-state index is 13.2. The molecule has 10 heteroatoms. The van der Waals surface area contributed by atoms with Crippen molar-refractivity contribution in [3.8, 4) is 45.8 Å². The predicted molar refractivity (Wildman–Crippen MR) is 137 cm³/mol. The van der Waals surface area contributed by atoms with Crippen molar-refractivity contribution in [2.45, 2.75) is 32.3 Å². The number of carbonyl (C=O) groups excluding carboxylic acids is 1. The molecular formula is C28H26O10. The van der Waals surface area contributed by atoms with Gasteiger partial charge in [0.2, 0.25) is 11.2 Å². The van der Waals surface area contributed by atoms with E-state index in [2.05, 4.69) is 0 Å². The molecule has 0 saturated carbocycles. The molecule has 5 N–H and O–H groups in total. The van der Waals surface area contributed by atoms with Crippen molar-refractivity contribution in [1.82, 2.24) is 0 Å². The zero-order valence-electron chi connectivity index (χ0n) is 20.8. The molecule has 4 rings (SSSR count). The van der Waals surface area contributed by atoms with Gasteiger partial charge in [0.15, 0.2) is 17.3 Å². The van der Waals surface area contributed by atoms with E-state index in [1.807, 2.05) is 13.8 Å². The van der Waals surface area contributed by atoms with E-state index in [0.717, 1.165) is 18.2 Å². The van der Waals surface area contributed by atoms with Crippen LogP contribution in [0, 0.1) is 0 Å². The van der Waals surface area contributed by atoms with E-state index in [1.165, 1.54) is 13.2 Å². The van der Waals surface area contributed by atoms with Gasteiger partial charge in [0.1, 0.15) is 28.2 Å². The third kappa shape index (κ3) is 4.88. The van der Waals surface area contributed by atoms with Crippen molar-refractivity contribution >= 4 is 16.9 Å². The molecule has 0 bridgehead atoms. The lowest BCUT2D eigenvalue weighted by molar-refractivity contribution is -0.140. The zero-order chi connectivity index (χ0) is 27.7. The second-order valence-electron chi connectivity index (χ2n) is 8.91. The number of aromatic hydroxyl groups is 5. The van der Waals surface area contributed by atoms with Crippen molar-refractivity contribution in [3.63, 3.8) is 0 Å². The van der Waals surface area contributed by atoms with Crippen LogP contribution in [0.1, 0.15) is 37.3 Å². The summed E-state index contributed by atoms with van der Waals surface area (Å²) in [6.45, 7) is 3.74. The molecule has 0 aliphatic rings. The van der Waals surface area contributed by atoms with E-state index in [1.54, 1.807) is 24.3 Å². The van der Waals surface area contributed by atoms with Crippen LogP contribution in [0.2, 0.25) is 0 Å². The lowest BCUT2D eigenvalue weighted by Crippen LogP contribution is -2.13. The van der Waals surface area contributed by atoms with Crippen LogP contribution in [0.15, 0.2) is 57.7 Å². The van der Waals surface area contributed by atoms with Gasteiger partial charge in [-0.1, -0.05) is 12.1 Å². The summed E-state index contributed by atoms with van der Waals surface area (Å²) in [4.78, 5) is 25.6. The molecule has 0 spiro atoms. The smallest absolute Gasteiger partial charge is 0.306 e. The Morgan fingerprint density at radius 1 is 0.895 bits per heavy atom. The van der Waals surface area contributed by atoms with Crippen molar-refractivity contribution in [1.29, 1.82) is 0 Å². The number of esters is 1. The second kappa shape index (κ2) is 10.3. The van der Waals surface area contributed by atoms with Gasteiger partial charge in [0, 0.05) is 23.1 Å². The first-order valence-corrected chi connectivity index (χ1v) is 11.6. The average molecular weight is 523 g/mol. The highest BCUT2D eigenvalue weighted by Gasteiger charge is 2.30. The van der Waals surface area contributed by atoms with Crippen molar-refractivity contribution in [2.24, 2.45) is 0 Å². The first-order chi connectivity index (χ1) is 18.0. The number of benzene rings is 3. The number of hydrogen-bond donors (Lipinski definition) is 5. The van der Waals surface area contributed by atoms with Crippen LogP contribution in [0.5, 0.6) is 34.5 Å². The minimum atomic E-state index is -1.01. The monoisotopic (exact) mass is 522 g/mol. The van der Waals surface area contributed by atoms with E-state index >= 15 is 0 Å². The Morgan fingerprint density at radius 3 is 2.18 bits per heavy atom. The molecule has 0 radical (unpaired) electrons. The van der Waals surface area contributed by atoms with Crippen molar-refractivity contribution in [2.75, 3.05) is 7.11 Å². The molecule has 1 unspecified atom stereocenters. The number of hydrogen-bond acceptors (Lipinski definition) is 10. The first-order valence-electron chi connectivity index (χ1n) is 11.6. The van der Waals surface area contributed by atoms with Crippen LogP contribution in [0.3, 0.4) is 0 Å². The molecule has 1 atom stereocenters. The second-order valence-corrected chi connectivity index (χ2v) is 8.91. The summed E-state index contributed by atoms with van der Waals surface area (Å²) in [7, 11) is 1.21. The van der Waals surface area contributed by atoms with Crippen molar-refractivity contribution in [3.05, 3.63) is 69.9 Å². The number of methoxy groups -OCH3 is 1. The largest absolute Gasteiger partial charge is 0.507 e. The van der Waals surface area contributed by atoms with Gasteiger partial charge < -0.3 is 39.4 Å². The highest BCUT2D eigenvalue weighted by molar-refractivity contribution is 5.92. The molecule has 1 heterocycles. The molecule has 38 heavy (non-hydrogen) atoms. The molecular weight excluding hydrogens is 496 g/mol. The van der Waals surface area contributed by atoms with Crippen LogP contribution in [0.4, 0.5) is 0 Å². The lowest BCUT2D eigenvalue weighted by Gasteiger charge is -2.21. The minimum absolute atomic E-state index is 0.0120. The van der Waals surface area contributed by atoms with Crippen LogP contribution >= 0.6 is 0 Å². The molecule has 0 fully saturated rings. The maximum absolute atomic E-state index is 13.2. The number of fused-ring (bicyclic) bond motifs is 1. The summed E-state index contributed by atoms with van der Waals surface area (Å²) >= 11 is 0. The molecule has 10 nitrogen and oxygen atoms in total. The normalized spacial score (nSPS) is 12.0.